The van der Waals surface area contributed by atoms with Gasteiger partial charge in [0.1, 0.15) is 0 Å². The highest BCUT2D eigenvalue weighted by Gasteiger charge is 2.49. The zero-order valence-corrected chi connectivity index (χ0v) is 21.9. The SMILES string of the molecule is CN(C)C(C)(C)C(=O)N1CCC2(CC1)C[C@H](CCN1CCN(c3cccc(Cl)c3)CC1)NC2=O. The van der Waals surface area contributed by atoms with Crippen LogP contribution in [0.15, 0.2) is 24.3 Å². The van der Waals surface area contributed by atoms with E-state index in [1.165, 1.54) is 5.69 Å². The molecule has 8 heteroatoms. The van der Waals surface area contributed by atoms with Crippen molar-refractivity contribution < 1.29 is 9.59 Å². The maximum absolute atomic E-state index is 13.0. The highest BCUT2D eigenvalue weighted by molar-refractivity contribution is 6.30. The quantitative estimate of drug-likeness (QED) is 0.665. The Balaban J connectivity index is 1.23. The predicted octanol–water partition coefficient (Wildman–Crippen LogP) is 2.69. The van der Waals surface area contributed by atoms with Crippen molar-refractivity contribution in [2.24, 2.45) is 5.41 Å². The summed E-state index contributed by atoms with van der Waals surface area (Å²) in [6, 6.07) is 8.31. The zero-order valence-electron chi connectivity index (χ0n) is 21.1. The van der Waals surface area contributed by atoms with Crippen LogP contribution in [0.1, 0.15) is 39.5 Å². The predicted molar refractivity (Wildman–Crippen MR) is 137 cm³/mol. The van der Waals surface area contributed by atoms with Crippen molar-refractivity contribution in [3.8, 4) is 0 Å². The normalized spacial score (nSPS) is 23.6. The van der Waals surface area contributed by atoms with Crippen molar-refractivity contribution in [2.75, 3.05) is 64.8 Å². The minimum Gasteiger partial charge on any atom is -0.369 e. The third-order valence-corrected chi connectivity index (χ3v) is 8.68. The lowest BCUT2D eigenvalue weighted by Crippen LogP contribution is -2.56. The van der Waals surface area contributed by atoms with Gasteiger partial charge in [0.25, 0.3) is 0 Å². The topological polar surface area (TPSA) is 59.1 Å². The van der Waals surface area contributed by atoms with Crippen molar-refractivity contribution in [1.29, 1.82) is 0 Å². The number of likely N-dealkylation sites (N-methyl/N-ethyl adjacent to an activating group) is 1. The van der Waals surface area contributed by atoms with Crippen LogP contribution in [0.5, 0.6) is 0 Å². The maximum atomic E-state index is 13.0. The summed E-state index contributed by atoms with van der Waals surface area (Å²) in [5.41, 5.74) is 0.368. The third-order valence-electron chi connectivity index (χ3n) is 8.44. The third kappa shape index (κ3) is 5.21. The van der Waals surface area contributed by atoms with E-state index in [0.717, 1.165) is 63.4 Å². The molecular weight excluding hydrogens is 450 g/mol. The second-order valence-corrected chi connectivity index (χ2v) is 11.4. The molecule has 188 valence electrons. The van der Waals surface area contributed by atoms with E-state index >= 15 is 0 Å². The number of hydrogen-bond acceptors (Lipinski definition) is 5. The molecule has 3 heterocycles. The Morgan fingerprint density at radius 3 is 2.44 bits per heavy atom. The lowest BCUT2D eigenvalue weighted by atomic mass is 9.75. The largest absolute Gasteiger partial charge is 0.369 e. The van der Waals surface area contributed by atoms with Gasteiger partial charge in [-0.15, -0.1) is 0 Å². The van der Waals surface area contributed by atoms with Crippen molar-refractivity contribution in [2.45, 2.75) is 51.1 Å². The molecule has 7 nitrogen and oxygen atoms in total. The van der Waals surface area contributed by atoms with Gasteiger partial charge in [-0.3, -0.25) is 19.4 Å². The molecule has 1 N–H and O–H groups in total. The molecule has 34 heavy (non-hydrogen) atoms. The van der Waals surface area contributed by atoms with Crippen LogP contribution in [0.25, 0.3) is 0 Å². The minimum absolute atomic E-state index is 0.152. The van der Waals surface area contributed by atoms with Crippen LogP contribution < -0.4 is 10.2 Å². The Hall–Kier alpha value is -1.83. The molecule has 1 aromatic rings. The average molecular weight is 490 g/mol. The number of piperidine rings is 1. The number of hydrogen-bond donors (Lipinski definition) is 1. The summed E-state index contributed by atoms with van der Waals surface area (Å²) in [6.07, 6.45) is 3.42. The van der Waals surface area contributed by atoms with Crippen LogP contribution in [0.4, 0.5) is 5.69 Å². The van der Waals surface area contributed by atoms with E-state index in [4.69, 9.17) is 11.6 Å². The maximum Gasteiger partial charge on any atom is 0.242 e. The summed E-state index contributed by atoms with van der Waals surface area (Å²) in [4.78, 5) is 34.8. The van der Waals surface area contributed by atoms with Gasteiger partial charge in [-0.2, -0.15) is 0 Å². The monoisotopic (exact) mass is 489 g/mol. The molecule has 4 rings (SSSR count). The number of carbonyl (C=O) groups excluding carboxylic acids is 2. The van der Waals surface area contributed by atoms with Gasteiger partial charge in [0.05, 0.1) is 11.0 Å². The number of likely N-dealkylation sites (tertiary alicyclic amines) is 1. The summed E-state index contributed by atoms with van der Waals surface area (Å²) in [7, 11) is 3.88. The molecule has 3 aliphatic rings. The first-order valence-electron chi connectivity index (χ1n) is 12.6. The van der Waals surface area contributed by atoms with E-state index in [-0.39, 0.29) is 23.3 Å². The fourth-order valence-corrected chi connectivity index (χ4v) is 5.70. The van der Waals surface area contributed by atoms with Crippen LogP contribution >= 0.6 is 11.6 Å². The Morgan fingerprint density at radius 1 is 1.15 bits per heavy atom. The molecule has 2 amide bonds. The number of anilines is 1. The van der Waals surface area contributed by atoms with Crippen LogP contribution in [-0.4, -0.2) is 98.0 Å². The van der Waals surface area contributed by atoms with Gasteiger partial charge in [-0.25, -0.2) is 0 Å². The molecule has 3 saturated heterocycles. The molecule has 1 spiro atoms. The van der Waals surface area contributed by atoms with Gasteiger partial charge in [0.2, 0.25) is 11.8 Å². The second kappa shape index (κ2) is 10.0. The van der Waals surface area contributed by atoms with Gasteiger partial charge < -0.3 is 15.1 Å². The van der Waals surface area contributed by atoms with Crippen LogP contribution in [0.3, 0.4) is 0 Å². The van der Waals surface area contributed by atoms with E-state index in [0.29, 0.717) is 13.1 Å². The molecule has 1 atom stereocenters. The van der Waals surface area contributed by atoms with Crippen molar-refractivity contribution in [3.05, 3.63) is 29.3 Å². The standard InChI is InChI=1S/C26H40ClN5O2/c1-25(2,29(3)4)24(34)32-12-9-26(10-13-32)19-21(28-23(26)33)8-11-30-14-16-31(17-15-30)22-7-5-6-20(27)18-22/h5-7,18,21H,8-17,19H2,1-4H3,(H,28,33)/t21-/m0/s1. The summed E-state index contributed by atoms with van der Waals surface area (Å²) < 4.78 is 0. The first kappa shape index (κ1) is 25.3. The van der Waals surface area contributed by atoms with Gasteiger partial charge in [-0.1, -0.05) is 17.7 Å². The van der Waals surface area contributed by atoms with E-state index in [9.17, 15) is 9.59 Å². The van der Waals surface area contributed by atoms with Crippen LogP contribution in [-0.2, 0) is 9.59 Å². The number of rotatable bonds is 6. The van der Waals surface area contributed by atoms with E-state index < -0.39 is 5.54 Å². The van der Waals surface area contributed by atoms with Crippen molar-refractivity contribution >= 4 is 29.1 Å². The number of amides is 2. The average Bonchev–Trinajstić information content (AvgIpc) is 3.12. The molecule has 0 bridgehead atoms. The molecule has 0 aromatic heterocycles. The first-order valence-corrected chi connectivity index (χ1v) is 13.0. The molecule has 0 saturated carbocycles. The van der Waals surface area contributed by atoms with Crippen LogP contribution in [0, 0.1) is 5.41 Å². The highest BCUT2D eigenvalue weighted by atomic mass is 35.5. The number of carbonyl (C=O) groups is 2. The molecule has 3 aliphatic heterocycles. The first-order chi connectivity index (χ1) is 16.1. The van der Waals surface area contributed by atoms with Crippen molar-refractivity contribution in [1.82, 2.24) is 20.0 Å². The minimum atomic E-state index is -0.526. The van der Waals surface area contributed by atoms with Crippen LogP contribution in [0.2, 0.25) is 5.02 Å². The molecule has 0 aliphatic carbocycles. The smallest absolute Gasteiger partial charge is 0.242 e. The number of nitrogens with zero attached hydrogens (tertiary/aromatic N) is 4. The van der Waals surface area contributed by atoms with E-state index in [2.05, 4.69) is 21.2 Å². The second-order valence-electron chi connectivity index (χ2n) is 11.0. The number of halogens is 1. The Kier molecular flexibility index (Phi) is 7.46. The number of benzene rings is 1. The van der Waals surface area contributed by atoms with Gasteiger partial charge in [0.15, 0.2) is 0 Å². The zero-order chi connectivity index (χ0) is 24.5. The summed E-state index contributed by atoms with van der Waals surface area (Å²) >= 11 is 6.15. The molecule has 0 unspecified atom stereocenters. The van der Waals surface area contributed by atoms with E-state index in [1.54, 1.807) is 0 Å². The fraction of sp³-hybridized carbons (Fsp3) is 0.692. The van der Waals surface area contributed by atoms with E-state index in [1.807, 2.05) is 55.9 Å². The van der Waals surface area contributed by atoms with Gasteiger partial charge in [-0.05, 0) is 71.8 Å². The number of nitrogens with one attached hydrogen (secondary N) is 1. The lowest BCUT2D eigenvalue weighted by molar-refractivity contribution is -0.146. The Labute approximate surface area is 209 Å². The Bertz CT molecular complexity index is 889. The van der Waals surface area contributed by atoms with Gasteiger partial charge >= 0.3 is 0 Å². The highest BCUT2D eigenvalue weighted by Crippen LogP contribution is 2.41. The Morgan fingerprint density at radius 2 is 1.82 bits per heavy atom. The summed E-state index contributed by atoms with van der Waals surface area (Å²) in [6.45, 7) is 10.3. The molecule has 3 fully saturated rings. The molecule has 0 radical (unpaired) electrons. The van der Waals surface area contributed by atoms with Crippen molar-refractivity contribution in [3.63, 3.8) is 0 Å². The molecular formula is C26H40ClN5O2. The number of piperazine rings is 1. The summed E-state index contributed by atoms with van der Waals surface area (Å²) in [5.74, 6) is 0.349. The molecule has 1 aromatic carbocycles. The fourth-order valence-electron chi connectivity index (χ4n) is 5.52. The summed E-state index contributed by atoms with van der Waals surface area (Å²) in [5, 5.41) is 4.07. The van der Waals surface area contributed by atoms with Gasteiger partial charge in [0, 0.05) is 62.6 Å². The lowest BCUT2D eigenvalue weighted by Gasteiger charge is -2.42.